The van der Waals surface area contributed by atoms with Crippen LogP contribution in [0.3, 0.4) is 0 Å². The first-order chi connectivity index (χ1) is 12.1. The van der Waals surface area contributed by atoms with Crippen molar-refractivity contribution in [3.8, 4) is 0 Å². The molecule has 1 aliphatic rings. The van der Waals surface area contributed by atoms with Gasteiger partial charge in [0, 0.05) is 0 Å². The highest BCUT2D eigenvalue weighted by molar-refractivity contribution is 6.26. The second-order valence-electron chi connectivity index (χ2n) is 10.2. The van der Waals surface area contributed by atoms with Crippen LogP contribution in [0.4, 0.5) is 0 Å². The lowest BCUT2D eigenvalue weighted by molar-refractivity contribution is 0.224. The molecule has 0 aromatic heterocycles. The predicted molar refractivity (Wildman–Crippen MR) is 120 cm³/mol. The van der Waals surface area contributed by atoms with Crippen LogP contribution in [-0.2, 0) is 0 Å². The van der Waals surface area contributed by atoms with E-state index >= 15 is 0 Å². The molecule has 154 valence electrons. The lowest BCUT2D eigenvalue weighted by Gasteiger charge is -2.33. The van der Waals surface area contributed by atoms with E-state index in [9.17, 15) is 0 Å². The molecule has 1 heteroatoms. The standard InChI is InChI=1S/C25H47Cl/c1-9-10-23(19(4)5)17-21(7)20(6)11-13-24-14-12-22(8)25(24,26)16-15-18(2)3/h18-21,23-24H,8-17H2,1-7H3. The van der Waals surface area contributed by atoms with Crippen molar-refractivity contribution < 1.29 is 0 Å². The molecule has 0 aliphatic heterocycles. The molecule has 0 aromatic carbocycles. The smallest absolute Gasteiger partial charge is 0.0680 e. The van der Waals surface area contributed by atoms with E-state index in [2.05, 4.69) is 55.0 Å². The van der Waals surface area contributed by atoms with Gasteiger partial charge in [-0.3, -0.25) is 0 Å². The zero-order valence-corrected chi connectivity index (χ0v) is 19.7. The summed E-state index contributed by atoms with van der Waals surface area (Å²) in [5.41, 5.74) is 1.31. The first-order valence-corrected chi connectivity index (χ1v) is 11.9. The molecule has 0 amide bonds. The van der Waals surface area contributed by atoms with Crippen LogP contribution in [0, 0.1) is 35.5 Å². The van der Waals surface area contributed by atoms with Gasteiger partial charge in [0.1, 0.15) is 0 Å². The maximum absolute atomic E-state index is 7.16. The second kappa shape index (κ2) is 11.1. The third-order valence-corrected chi connectivity index (χ3v) is 8.10. The highest BCUT2D eigenvalue weighted by atomic mass is 35.5. The largest absolute Gasteiger partial charge is 0.114 e. The minimum absolute atomic E-state index is 0.115. The Morgan fingerprint density at radius 2 is 1.69 bits per heavy atom. The van der Waals surface area contributed by atoms with E-state index in [1.165, 1.54) is 50.5 Å². The van der Waals surface area contributed by atoms with E-state index in [0.717, 1.165) is 42.4 Å². The van der Waals surface area contributed by atoms with E-state index in [1.54, 1.807) is 0 Å². The van der Waals surface area contributed by atoms with Gasteiger partial charge in [0.15, 0.2) is 0 Å². The van der Waals surface area contributed by atoms with E-state index in [-0.39, 0.29) is 4.87 Å². The highest BCUT2D eigenvalue weighted by Crippen LogP contribution is 2.50. The van der Waals surface area contributed by atoms with Gasteiger partial charge in [0.25, 0.3) is 0 Å². The number of rotatable bonds is 12. The maximum atomic E-state index is 7.16. The van der Waals surface area contributed by atoms with E-state index < -0.39 is 0 Å². The van der Waals surface area contributed by atoms with Gasteiger partial charge in [0.05, 0.1) is 4.87 Å². The SMILES string of the molecule is C=C1CCC(CCC(C)C(C)CC(CCC)C(C)C)C1(Cl)CCC(C)C. The predicted octanol–water partition coefficient (Wildman–Crippen LogP) is 8.88. The summed E-state index contributed by atoms with van der Waals surface area (Å²) in [4.78, 5) is -0.115. The number of halogens is 1. The van der Waals surface area contributed by atoms with E-state index in [1.807, 2.05) is 0 Å². The fraction of sp³-hybridized carbons (Fsp3) is 0.920. The summed E-state index contributed by atoms with van der Waals surface area (Å²) in [7, 11) is 0. The molecule has 0 N–H and O–H groups in total. The Balaban J connectivity index is 2.56. The molecule has 26 heavy (non-hydrogen) atoms. The van der Waals surface area contributed by atoms with Gasteiger partial charge < -0.3 is 0 Å². The Morgan fingerprint density at radius 3 is 2.23 bits per heavy atom. The zero-order chi connectivity index (χ0) is 19.9. The third-order valence-electron chi connectivity index (χ3n) is 7.33. The van der Waals surface area contributed by atoms with Gasteiger partial charge in [-0.1, -0.05) is 79.9 Å². The summed E-state index contributed by atoms with van der Waals surface area (Å²) in [6.45, 7) is 21.0. The van der Waals surface area contributed by atoms with Crippen LogP contribution in [0.15, 0.2) is 12.2 Å². The quantitative estimate of drug-likeness (QED) is 0.233. The van der Waals surface area contributed by atoms with Crippen molar-refractivity contribution in [1.82, 2.24) is 0 Å². The first-order valence-electron chi connectivity index (χ1n) is 11.5. The normalized spacial score (nSPS) is 27.3. The van der Waals surface area contributed by atoms with Gasteiger partial charge in [-0.15, -0.1) is 11.6 Å². The fourth-order valence-electron chi connectivity index (χ4n) is 4.88. The summed E-state index contributed by atoms with van der Waals surface area (Å²) >= 11 is 7.16. The summed E-state index contributed by atoms with van der Waals surface area (Å²) in [5.74, 6) is 4.69. The van der Waals surface area contributed by atoms with Crippen molar-refractivity contribution in [2.75, 3.05) is 0 Å². The molecule has 0 spiro atoms. The van der Waals surface area contributed by atoms with Crippen molar-refractivity contribution in [2.24, 2.45) is 35.5 Å². The van der Waals surface area contributed by atoms with Crippen molar-refractivity contribution in [1.29, 1.82) is 0 Å². The summed E-state index contributed by atoms with van der Waals surface area (Å²) < 4.78 is 0. The average Bonchev–Trinajstić information content (AvgIpc) is 2.85. The van der Waals surface area contributed by atoms with E-state index in [0.29, 0.717) is 5.92 Å². The average molecular weight is 383 g/mol. The Morgan fingerprint density at radius 1 is 1.04 bits per heavy atom. The van der Waals surface area contributed by atoms with Crippen LogP contribution < -0.4 is 0 Å². The summed E-state index contributed by atoms with van der Waals surface area (Å²) in [6.07, 6.45) is 11.4. The minimum atomic E-state index is -0.115. The molecular formula is C25H47Cl. The summed E-state index contributed by atoms with van der Waals surface area (Å²) in [6, 6.07) is 0. The number of alkyl halides is 1. The van der Waals surface area contributed by atoms with Crippen LogP contribution in [-0.4, -0.2) is 4.87 Å². The van der Waals surface area contributed by atoms with E-state index in [4.69, 9.17) is 11.6 Å². The highest BCUT2D eigenvalue weighted by Gasteiger charge is 2.43. The van der Waals surface area contributed by atoms with Gasteiger partial charge in [-0.25, -0.2) is 0 Å². The Kier molecular flexibility index (Phi) is 10.3. The monoisotopic (exact) mass is 382 g/mol. The number of allylic oxidation sites excluding steroid dienone is 1. The zero-order valence-electron chi connectivity index (χ0n) is 18.9. The molecule has 1 rings (SSSR count). The molecule has 0 nitrogen and oxygen atoms in total. The first kappa shape index (κ1) is 24.1. The van der Waals surface area contributed by atoms with Crippen molar-refractivity contribution in [3.05, 3.63) is 12.2 Å². The molecule has 1 aliphatic carbocycles. The van der Waals surface area contributed by atoms with Crippen molar-refractivity contribution >= 4 is 11.6 Å². The molecule has 5 atom stereocenters. The molecule has 0 heterocycles. The number of hydrogen-bond donors (Lipinski definition) is 0. The Labute approximate surface area is 170 Å². The van der Waals surface area contributed by atoms with Crippen LogP contribution >= 0.6 is 11.6 Å². The second-order valence-corrected chi connectivity index (χ2v) is 10.9. The molecule has 1 fully saturated rings. The van der Waals surface area contributed by atoms with Gasteiger partial charge in [0.2, 0.25) is 0 Å². The van der Waals surface area contributed by atoms with Crippen LogP contribution in [0.25, 0.3) is 0 Å². The Bertz CT molecular complexity index is 410. The molecule has 0 aromatic rings. The van der Waals surface area contributed by atoms with Gasteiger partial charge >= 0.3 is 0 Å². The molecular weight excluding hydrogens is 336 g/mol. The third kappa shape index (κ3) is 6.88. The lowest BCUT2D eigenvalue weighted by atomic mass is 9.76. The Hall–Kier alpha value is 0.0300. The maximum Gasteiger partial charge on any atom is 0.0680 e. The van der Waals surface area contributed by atoms with Crippen LogP contribution in [0.5, 0.6) is 0 Å². The molecule has 5 unspecified atom stereocenters. The fourth-order valence-corrected chi connectivity index (χ4v) is 5.30. The molecule has 0 bridgehead atoms. The van der Waals surface area contributed by atoms with Crippen molar-refractivity contribution in [2.45, 2.75) is 111 Å². The van der Waals surface area contributed by atoms with Gasteiger partial charge in [-0.05, 0) is 74.0 Å². The number of hydrogen-bond acceptors (Lipinski definition) is 0. The molecule has 0 saturated heterocycles. The topological polar surface area (TPSA) is 0 Å². The summed E-state index contributed by atoms with van der Waals surface area (Å²) in [5, 5.41) is 0. The molecule has 1 saturated carbocycles. The van der Waals surface area contributed by atoms with Crippen molar-refractivity contribution in [3.63, 3.8) is 0 Å². The lowest BCUT2D eigenvalue weighted by Crippen LogP contribution is -2.29. The van der Waals surface area contributed by atoms with Crippen LogP contribution in [0.2, 0.25) is 0 Å². The van der Waals surface area contributed by atoms with Crippen LogP contribution in [0.1, 0.15) is 106 Å². The minimum Gasteiger partial charge on any atom is -0.114 e. The van der Waals surface area contributed by atoms with Gasteiger partial charge in [-0.2, -0.15) is 0 Å². The molecule has 0 radical (unpaired) electrons.